The average Bonchev–Trinajstić information content (AvgIpc) is 2.93. The second-order valence-corrected chi connectivity index (χ2v) is 5.51. The number of nitrogens with one attached hydrogen (secondary N) is 1. The molecule has 0 fully saturated rings. The van der Waals surface area contributed by atoms with Crippen molar-refractivity contribution in [2.75, 3.05) is 7.05 Å². The fourth-order valence-corrected chi connectivity index (χ4v) is 3.22. The molecule has 2 atom stereocenters. The van der Waals surface area contributed by atoms with Gasteiger partial charge in [-0.25, -0.2) is 8.78 Å². The molecular weight excluding hydrogens is 270 g/mol. The molecule has 0 spiro atoms. The van der Waals surface area contributed by atoms with Crippen LogP contribution in [0.5, 0.6) is 0 Å². The van der Waals surface area contributed by atoms with Gasteiger partial charge in [0.1, 0.15) is 0 Å². The molecule has 1 aliphatic carbocycles. The van der Waals surface area contributed by atoms with Gasteiger partial charge in [-0.05, 0) is 49.6 Å². The molecule has 0 radical (unpaired) electrons. The molecule has 0 bridgehead atoms. The lowest BCUT2D eigenvalue weighted by Crippen LogP contribution is -2.34. The molecule has 3 rings (SSSR count). The van der Waals surface area contributed by atoms with Crippen LogP contribution in [-0.4, -0.2) is 18.1 Å². The summed E-state index contributed by atoms with van der Waals surface area (Å²) in [6.45, 7) is 0. The van der Waals surface area contributed by atoms with Crippen LogP contribution in [0.15, 0.2) is 36.5 Å². The molecule has 0 saturated heterocycles. The van der Waals surface area contributed by atoms with E-state index in [0.29, 0.717) is 12.0 Å². The van der Waals surface area contributed by atoms with Crippen molar-refractivity contribution in [2.45, 2.75) is 31.2 Å². The summed E-state index contributed by atoms with van der Waals surface area (Å²) in [6.07, 6.45) is 4.25. The van der Waals surface area contributed by atoms with Gasteiger partial charge in [-0.2, -0.15) is 0 Å². The van der Waals surface area contributed by atoms with Gasteiger partial charge >= 0.3 is 0 Å². The Balaban J connectivity index is 1.85. The summed E-state index contributed by atoms with van der Waals surface area (Å²) in [5.41, 5.74) is 2.77. The van der Waals surface area contributed by atoms with Crippen molar-refractivity contribution in [1.82, 2.24) is 10.3 Å². The van der Waals surface area contributed by atoms with Gasteiger partial charge in [-0.3, -0.25) is 4.98 Å². The fourth-order valence-electron chi connectivity index (χ4n) is 3.22. The van der Waals surface area contributed by atoms with Gasteiger partial charge in [0, 0.05) is 23.9 Å². The van der Waals surface area contributed by atoms with Crippen LogP contribution in [0.4, 0.5) is 8.78 Å². The van der Waals surface area contributed by atoms with Gasteiger partial charge in [0.25, 0.3) is 0 Å². The Morgan fingerprint density at radius 2 is 2.14 bits per heavy atom. The number of aromatic nitrogens is 1. The second kappa shape index (κ2) is 5.90. The van der Waals surface area contributed by atoms with Gasteiger partial charge in [-0.1, -0.05) is 18.2 Å². The maximum Gasteiger partial charge on any atom is 0.162 e. The highest BCUT2D eigenvalue weighted by atomic mass is 19.2. The maximum absolute atomic E-state index is 13.9. The van der Waals surface area contributed by atoms with E-state index >= 15 is 0 Å². The first-order valence-electron chi connectivity index (χ1n) is 7.24. The van der Waals surface area contributed by atoms with E-state index in [2.05, 4.69) is 16.4 Å². The number of fused-ring (bicyclic) bond motifs is 1. The van der Waals surface area contributed by atoms with Crippen LogP contribution >= 0.6 is 0 Å². The summed E-state index contributed by atoms with van der Waals surface area (Å²) in [5, 5.41) is 3.25. The number of likely N-dealkylation sites (N-methyl/N-ethyl adjacent to an activating group) is 1. The van der Waals surface area contributed by atoms with Crippen LogP contribution < -0.4 is 5.32 Å². The van der Waals surface area contributed by atoms with Gasteiger partial charge in [0.15, 0.2) is 11.6 Å². The number of aryl methyl sites for hydroxylation is 1. The van der Waals surface area contributed by atoms with Crippen molar-refractivity contribution in [3.05, 3.63) is 65.0 Å². The number of pyridine rings is 1. The van der Waals surface area contributed by atoms with E-state index in [4.69, 9.17) is 0 Å². The topological polar surface area (TPSA) is 24.9 Å². The third-order valence-electron chi connectivity index (χ3n) is 4.33. The molecule has 4 heteroatoms. The third-order valence-corrected chi connectivity index (χ3v) is 4.33. The van der Waals surface area contributed by atoms with E-state index in [1.54, 1.807) is 18.3 Å². The second-order valence-electron chi connectivity index (χ2n) is 5.51. The quantitative estimate of drug-likeness (QED) is 0.934. The molecule has 2 aromatic rings. The molecule has 1 heterocycles. The Kier molecular flexibility index (Phi) is 3.97. The molecule has 2 nitrogen and oxygen atoms in total. The largest absolute Gasteiger partial charge is 0.316 e. The summed E-state index contributed by atoms with van der Waals surface area (Å²) in [4.78, 5) is 4.48. The highest BCUT2D eigenvalue weighted by molar-refractivity contribution is 5.31. The van der Waals surface area contributed by atoms with E-state index < -0.39 is 11.6 Å². The Bertz CT molecular complexity index is 642. The van der Waals surface area contributed by atoms with Crippen LogP contribution in [0.2, 0.25) is 0 Å². The van der Waals surface area contributed by atoms with Gasteiger partial charge in [0.2, 0.25) is 0 Å². The molecular formula is C17H18F2N2. The number of nitrogens with zero attached hydrogens (tertiary/aromatic N) is 1. The summed E-state index contributed by atoms with van der Waals surface area (Å²) in [5.74, 6) is -1.28. The molecule has 0 aliphatic heterocycles. The van der Waals surface area contributed by atoms with Crippen molar-refractivity contribution < 1.29 is 8.78 Å². The summed E-state index contributed by atoms with van der Waals surface area (Å²) in [6, 6.07) is 8.45. The van der Waals surface area contributed by atoms with Gasteiger partial charge < -0.3 is 5.32 Å². The highest BCUT2D eigenvalue weighted by Crippen LogP contribution is 2.35. The first kappa shape index (κ1) is 14.1. The van der Waals surface area contributed by atoms with Crippen LogP contribution in [0.1, 0.15) is 29.2 Å². The minimum Gasteiger partial charge on any atom is -0.316 e. The SMILES string of the molecule is CNC(Cc1cccc(F)c1F)C1CCc2cccnc21. The van der Waals surface area contributed by atoms with Crippen LogP contribution in [-0.2, 0) is 12.8 Å². The van der Waals surface area contributed by atoms with Crippen LogP contribution in [0.25, 0.3) is 0 Å². The van der Waals surface area contributed by atoms with Gasteiger partial charge in [0.05, 0.1) is 0 Å². The number of halogens is 2. The molecule has 2 unspecified atom stereocenters. The zero-order valence-corrected chi connectivity index (χ0v) is 11.9. The first-order chi connectivity index (χ1) is 10.2. The van der Waals surface area contributed by atoms with E-state index in [1.165, 1.54) is 5.56 Å². The number of benzene rings is 1. The smallest absolute Gasteiger partial charge is 0.162 e. The Labute approximate surface area is 123 Å². The van der Waals surface area contributed by atoms with Crippen LogP contribution in [0.3, 0.4) is 0 Å². The fraction of sp³-hybridized carbons (Fsp3) is 0.353. The van der Waals surface area contributed by atoms with Crippen molar-refractivity contribution in [3.63, 3.8) is 0 Å². The lowest BCUT2D eigenvalue weighted by molar-refractivity contribution is 0.434. The first-order valence-corrected chi connectivity index (χ1v) is 7.24. The average molecular weight is 288 g/mol. The summed E-state index contributed by atoms with van der Waals surface area (Å²) >= 11 is 0. The van der Waals surface area contributed by atoms with Crippen molar-refractivity contribution in [3.8, 4) is 0 Å². The molecule has 1 aromatic heterocycles. The minimum absolute atomic E-state index is 0.0532. The number of hydrogen-bond donors (Lipinski definition) is 1. The monoisotopic (exact) mass is 288 g/mol. The molecule has 0 amide bonds. The molecule has 0 saturated carbocycles. The number of rotatable bonds is 4. The predicted octanol–water partition coefficient (Wildman–Crippen LogP) is 3.22. The molecule has 21 heavy (non-hydrogen) atoms. The van der Waals surface area contributed by atoms with E-state index in [-0.39, 0.29) is 12.0 Å². The Morgan fingerprint density at radius 3 is 2.95 bits per heavy atom. The van der Waals surface area contributed by atoms with Gasteiger partial charge in [-0.15, -0.1) is 0 Å². The molecule has 1 aromatic carbocycles. The van der Waals surface area contributed by atoms with E-state index in [1.807, 2.05) is 13.1 Å². The van der Waals surface area contributed by atoms with Crippen LogP contribution in [0, 0.1) is 11.6 Å². The normalized spacial score (nSPS) is 18.5. The highest BCUT2D eigenvalue weighted by Gasteiger charge is 2.30. The zero-order valence-electron chi connectivity index (χ0n) is 11.9. The number of hydrogen-bond acceptors (Lipinski definition) is 2. The zero-order chi connectivity index (χ0) is 14.8. The van der Waals surface area contributed by atoms with E-state index in [9.17, 15) is 8.78 Å². The molecule has 110 valence electrons. The Morgan fingerprint density at radius 1 is 1.29 bits per heavy atom. The standard InChI is InChI=1S/C17H18F2N2/c1-20-15(10-12-4-2-6-14(18)16(12)19)13-8-7-11-5-3-9-21-17(11)13/h2-6,9,13,15,20H,7-8,10H2,1H3. The van der Waals surface area contributed by atoms with Crippen molar-refractivity contribution in [1.29, 1.82) is 0 Å². The summed E-state index contributed by atoms with van der Waals surface area (Å²) in [7, 11) is 1.86. The third kappa shape index (κ3) is 2.68. The van der Waals surface area contributed by atoms with Crippen molar-refractivity contribution in [2.24, 2.45) is 0 Å². The molecule has 1 aliphatic rings. The Hall–Kier alpha value is -1.81. The van der Waals surface area contributed by atoms with E-state index in [0.717, 1.165) is 24.6 Å². The summed E-state index contributed by atoms with van der Waals surface area (Å²) < 4.78 is 27.2. The molecule has 1 N–H and O–H groups in total. The lowest BCUT2D eigenvalue weighted by Gasteiger charge is -2.23. The predicted molar refractivity (Wildman–Crippen MR) is 78.2 cm³/mol. The minimum atomic E-state index is -0.785. The maximum atomic E-state index is 13.9. The lowest BCUT2D eigenvalue weighted by atomic mass is 9.91. The van der Waals surface area contributed by atoms with Crippen molar-refractivity contribution >= 4 is 0 Å².